The largest absolute Gasteiger partial charge is 0.322 e. The van der Waals surface area contributed by atoms with Gasteiger partial charge in [0.25, 0.3) is 5.91 Å². The number of benzene rings is 2. The summed E-state index contributed by atoms with van der Waals surface area (Å²) < 4.78 is 0. The van der Waals surface area contributed by atoms with E-state index in [0.29, 0.717) is 24.1 Å². The van der Waals surface area contributed by atoms with Crippen LogP contribution in [0.1, 0.15) is 34.3 Å². The van der Waals surface area contributed by atoms with Crippen molar-refractivity contribution in [1.82, 2.24) is 0 Å². The van der Waals surface area contributed by atoms with E-state index in [1.54, 1.807) is 24.3 Å². The number of hydrogen-bond acceptors (Lipinski definition) is 3. The Kier molecular flexibility index (Phi) is 4.59. The van der Waals surface area contributed by atoms with Gasteiger partial charge in [-0.25, -0.2) is 0 Å². The summed E-state index contributed by atoms with van der Waals surface area (Å²) in [5, 5.41) is 2.89. The van der Waals surface area contributed by atoms with E-state index in [-0.39, 0.29) is 29.6 Å². The van der Waals surface area contributed by atoms with Crippen molar-refractivity contribution in [3.05, 3.63) is 71.3 Å². The average molecular weight is 374 g/mol. The summed E-state index contributed by atoms with van der Waals surface area (Å²) in [6, 6.07) is 12.5. The molecule has 0 saturated carbocycles. The first-order chi connectivity index (χ1) is 13.4. The van der Waals surface area contributed by atoms with Crippen molar-refractivity contribution in [3.8, 4) is 0 Å². The summed E-state index contributed by atoms with van der Waals surface area (Å²) in [6.45, 7) is 3.95. The molecule has 0 bridgehead atoms. The molecule has 1 N–H and O–H groups in total. The Morgan fingerprint density at radius 3 is 2.14 bits per heavy atom. The summed E-state index contributed by atoms with van der Waals surface area (Å²) in [5.74, 6) is -1.20. The highest BCUT2D eigenvalue weighted by atomic mass is 16.2. The molecule has 2 aromatic carbocycles. The Balaban J connectivity index is 1.58. The van der Waals surface area contributed by atoms with Crippen LogP contribution in [0, 0.1) is 25.7 Å². The molecule has 1 aliphatic carbocycles. The third kappa shape index (κ3) is 3.24. The number of carbonyl (C=O) groups excluding carboxylic acids is 3. The Labute approximate surface area is 164 Å². The van der Waals surface area contributed by atoms with Gasteiger partial charge in [-0.1, -0.05) is 24.3 Å². The van der Waals surface area contributed by atoms with Crippen molar-refractivity contribution >= 4 is 29.1 Å². The third-order valence-corrected chi connectivity index (χ3v) is 5.35. The number of allylic oxidation sites excluding steroid dienone is 2. The highest BCUT2D eigenvalue weighted by molar-refractivity contribution is 6.22. The van der Waals surface area contributed by atoms with Crippen molar-refractivity contribution in [2.45, 2.75) is 26.7 Å². The fourth-order valence-electron chi connectivity index (χ4n) is 4.09. The molecular formula is C23H22N2O3. The fourth-order valence-corrected chi connectivity index (χ4v) is 4.09. The first kappa shape index (κ1) is 18.2. The van der Waals surface area contributed by atoms with E-state index in [0.717, 1.165) is 16.8 Å². The molecule has 1 saturated heterocycles. The molecule has 2 aliphatic rings. The van der Waals surface area contributed by atoms with Crippen molar-refractivity contribution < 1.29 is 14.4 Å². The Bertz CT molecular complexity index is 962. The summed E-state index contributed by atoms with van der Waals surface area (Å²) in [7, 11) is 0. The first-order valence-corrected chi connectivity index (χ1v) is 9.46. The lowest BCUT2D eigenvalue weighted by atomic mass is 9.85. The second-order valence-electron chi connectivity index (χ2n) is 7.55. The lowest BCUT2D eigenvalue weighted by Crippen LogP contribution is -2.31. The van der Waals surface area contributed by atoms with Gasteiger partial charge in [0.05, 0.1) is 17.5 Å². The van der Waals surface area contributed by atoms with Gasteiger partial charge < -0.3 is 5.32 Å². The molecule has 3 amide bonds. The fraction of sp³-hybridized carbons (Fsp3) is 0.261. The summed E-state index contributed by atoms with van der Waals surface area (Å²) in [6.07, 6.45) is 5.12. The Hall–Kier alpha value is -3.21. The number of amides is 3. The molecule has 5 heteroatoms. The topological polar surface area (TPSA) is 66.5 Å². The standard InChI is InChI=1S/C23H22N2O3/c1-14-10-15(2)12-17(11-14)24-21(26)16-6-5-7-18(13-16)25-22(27)19-8-3-4-9-20(19)23(25)28/h3-7,10-13,19-20H,8-9H2,1-2H3,(H,24,26)/t19-,20-/m0/s1. The van der Waals surface area contributed by atoms with Crippen molar-refractivity contribution in [2.75, 3.05) is 10.2 Å². The summed E-state index contributed by atoms with van der Waals surface area (Å²) in [5.41, 5.74) is 3.71. The molecule has 0 unspecified atom stereocenters. The second kappa shape index (κ2) is 7.08. The van der Waals surface area contributed by atoms with E-state index in [1.807, 2.05) is 44.2 Å². The van der Waals surface area contributed by atoms with E-state index < -0.39 is 0 Å². The molecule has 1 heterocycles. The van der Waals surface area contributed by atoms with Gasteiger partial charge in [-0.15, -0.1) is 0 Å². The minimum atomic E-state index is -0.287. The number of nitrogens with one attached hydrogen (secondary N) is 1. The van der Waals surface area contributed by atoms with E-state index >= 15 is 0 Å². The zero-order valence-electron chi connectivity index (χ0n) is 15.9. The van der Waals surface area contributed by atoms with Crippen molar-refractivity contribution in [1.29, 1.82) is 0 Å². The normalized spacial score (nSPS) is 21.0. The maximum atomic E-state index is 12.8. The molecule has 2 atom stereocenters. The quantitative estimate of drug-likeness (QED) is 0.652. The minimum Gasteiger partial charge on any atom is -0.322 e. The Morgan fingerprint density at radius 1 is 0.929 bits per heavy atom. The molecule has 1 fully saturated rings. The van der Waals surface area contributed by atoms with Crippen LogP contribution in [0.25, 0.3) is 0 Å². The predicted octanol–water partition coefficient (Wildman–Crippen LogP) is 4.01. The molecule has 0 spiro atoms. The lowest BCUT2D eigenvalue weighted by molar-refractivity contribution is -0.122. The van der Waals surface area contributed by atoms with Crippen LogP contribution < -0.4 is 10.2 Å². The second-order valence-corrected chi connectivity index (χ2v) is 7.55. The van der Waals surface area contributed by atoms with E-state index in [2.05, 4.69) is 5.32 Å². The van der Waals surface area contributed by atoms with Gasteiger partial charge >= 0.3 is 0 Å². The van der Waals surface area contributed by atoms with Crippen LogP contribution in [-0.4, -0.2) is 17.7 Å². The summed E-state index contributed by atoms with van der Waals surface area (Å²) >= 11 is 0. The molecule has 2 aromatic rings. The number of aryl methyl sites for hydroxylation is 2. The number of fused-ring (bicyclic) bond motifs is 1. The smallest absolute Gasteiger partial charge is 0.255 e. The van der Waals surface area contributed by atoms with Gasteiger partial charge in [-0.05, 0) is 68.1 Å². The van der Waals surface area contributed by atoms with Gasteiger partial charge in [0.15, 0.2) is 0 Å². The SMILES string of the molecule is Cc1cc(C)cc(NC(=O)c2cccc(N3C(=O)[C@H]4CC=CC[C@@H]4C3=O)c2)c1. The third-order valence-electron chi connectivity index (χ3n) is 5.35. The van der Waals surface area contributed by atoms with Gasteiger partial charge in [0.1, 0.15) is 0 Å². The molecular weight excluding hydrogens is 352 g/mol. The monoisotopic (exact) mass is 374 g/mol. The van der Waals surface area contributed by atoms with Crippen molar-refractivity contribution in [2.24, 2.45) is 11.8 Å². The van der Waals surface area contributed by atoms with Gasteiger partial charge in [0, 0.05) is 11.3 Å². The Morgan fingerprint density at radius 2 is 1.54 bits per heavy atom. The molecule has 28 heavy (non-hydrogen) atoms. The number of carbonyl (C=O) groups is 3. The van der Waals surface area contributed by atoms with Crippen LogP contribution in [0.15, 0.2) is 54.6 Å². The van der Waals surface area contributed by atoms with E-state index in [1.165, 1.54) is 4.90 Å². The zero-order valence-corrected chi connectivity index (χ0v) is 15.9. The maximum absolute atomic E-state index is 12.8. The van der Waals surface area contributed by atoms with Crippen LogP contribution in [0.2, 0.25) is 0 Å². The van der Waals surface area contributed by atoms with Gasteiger partial charge in [-0.2, -0.15) is 0 Å². The van der Waals surface area contributed by atoms with Crippen molar-refractivity contribution in [3.63, 3.8) is 0 Å². The first-order valence-electron chi connectivity index (χ1n) is 9.46. The zero-order chi connectivity index (χ0) is 19.8. The molecule has 1 aliphatic heterocycles. The average Bonchev–Trinajstić information content (AvgIpc) is 2.92. The van der Waals surface area contributed by atoms with Crippen LogP contribution in [0.3, 0.4) is 0 Å². The van der Waals surface area contributed by atoms with Crippen LogP contribution in [-0.2, 0) is 9.59 Å². The number of hydrogen-bond donors (Lipinski definition) is 1. The highest BCUT2D eigenvalue weighted by Gasteiger charge is 2.47. The number of rotatable bonds is 3. The molecule has 142 valence electrons. The molecule has 4 rings (SSSR count). The van der Waals surface area contributed by atoms with E-state index in [4.69, 9.17) is 0 Å². The van der Waals surface area contributed by atoms with Gasteiger partial charge in [0.2, 0.25) is 11.8 Å². The van der Waals surface area contributed by atoms with E-state index in [9.17, 15) is 14.4 Å². The minimum absolute atomic E-state index is 0.175. The maximum Gasteiger partial charge on any atom is 0.255 e. The number of anilines is 2. The molecule has 0 aromatic heterocycles. The summed E-state index contributed by atoms with van der Waals surface area (Å²) in [4.78, 5) is 39.5. The van der Waals surface area contributed by atoms with Crippen LogP contribution >= 0.6 is 0 Å². The highest BCUT2D eigenvalue weighted by Crippen LogP contribution is 2.37. The lowest BCUT2D eigenvalue weighted by Gasteiger charge is -2.16. The van der Waals surface area contributed by atoms with Crippen LogP contribution in [0.4, 0.5) is 11.4 Å². The van der Waals surface area contributed by atoms with Gasteiger partial charge in [-0.3, -0.25) is 19.3 Å². The van der Waals surface area contributed by atoms with Crippen LogP contribution in [0.5, 0.6) is 0 Å². The molecule has 5 nitrogen and oxygen atoms in total. The number of nitrogens with zero attached hydrogens (tertiary/aromatic N) is 1. The molecule has 0 radical (unpaired) electrons. The predicted molar refractivity (Wildman–Crippen MR) is 108 cm³/mol. The number of imide groups is 1.